The molecule has 3 amide bonds. The molecule has 0 N–H and O–H groups in total. The quantitative estimate of drug-likeness (QED) is 0.790. The molecule has 1 unspecified atom stereocenters. The van der Waals surface area contributed by atoms with Crippen LogP contribution in [0.1, 0.15) is 17.5 Å². The molecule has 7 heteroatoms. The number of nitrogens with zero attached hydrogens (tertiary/aromatic N) is 3. The van der Waals surface area contributed by atoms with Gasteiger partial charge in [-0.15, -0.1) is 0 Å². The van der Waals surface area contributed by atoms with E-state index in [1.54, 1.807) is 26.0 Å². The molecule has 2 aliphatic rings. The second-order valence-electron chi connectivity index (χ2n) is 7.26. The topological polar surface area (TPSA) is 60.9 Å². The van der Waals surface area contributed by atoms with Gasteiger partial charge < -0.3 is 14.7 Å². The number of carbonyl (C=O) groups excluding carboxylic acids is 3. The van der Waals surface area contributed by atoms with Gasteiger partial charge in [0.05, 0.1) is 6.42 Å². The van der Waals surface area contributed by atoms with E-state index in [4.69, 9.17) is 0 Å². The Kier molecular flexibility index (Phi) is 5.43. The largest absolute Gasteiger partial charge is 0.341 e. The highest BCUT2D eigenvalue weighted by atomic mass is 32.1. The highest BCUT2D eigenvalue weighted by Gasteiger charge is 2.41. The molecule has 4 rings (SSSR count). The average Bonchev–Trinajstić information content (AvgIpc) is 3.09. The molecule has 2 fully saturated rings. The van der Waals surface area contributed by atoms with Gasteiger partial charge in [0.1, 0.15) is 12.6 Å². The number of hydrogen-bond acceptors (Lipinski definition) is 4. The fourth-order valence-electron chi connectivity index (χ4n) is 3.89. The molecule has 2 aliphatic heterocycles. The summed E-state index contributed by atoms with van der Waals surface area (Å²) in [5.41, 5.74) is 2.02. The Hall–Kier alpha value is -2.67. The number of fused-ring (bicyclic) bond motifs is 1. The third-order valence-electron chi connectivity index (χ3n) is 5.41. The Balaban J connectivity index is 1.43. The molecule has 1 aromatic heterocycles. The van der Waals surface area contributed by atoms with Gasteiger partial charge in [-0.05, 0) is 34.4 Å². The minimum Gasteiger partial charge on any atom is -0.341 e. The van der Waals surface area contributed by atoms with Crippen LogP contribution >= 0.6 is 11.3 Å². The third kappa shape index (κ3) is 3.94. The van der Waals surface area contributed by atoms with Crippen LogP contribution in [0.15, 0.2) is 47.2 Å². The van der Waals surface area contributed by atoms with Crippen molar-refractivity contribution in [3.05, 3.63) is 58.3 Å². The number of rotatable bonds is 4. The zero-order valence-corrected chi connectivity index (χ0v) is 16.4. The van der Waals surface area contributed by atoms with Crippen molar-refractivity contribution >= 4 is 29.1 Å². The summed E-state index contributed by atoms with van der Waals surface area (Å²) in [5, 5.41) is 3.94. The lowest BCUT2D eigenvalue weighted by atomic mass is 10.1. The van der Waals surface area contributed by atoms with Crippen molar-refractivity contribution in [2.45, 2.75) is 25.4 Å². The first kappa shape index (κ1) is 18.7. The standard InChI is InChI=1S/C21H23N3O3S/c25-19(12-17-7-11-28-15-17)22-8-6-18-21(27)23(13-16-4-2-1-3-5-16)14-20(26)24(18)10-9-22/h1-5,7,11,15,18H,6,8-10,12-14H2. The van der Waals surface area contributed by atoms with Crippen molar-refractivity contribution in [3.63, 3.8) is 0 Å². The molecule has 6 nitrogen and oxygen atoms in total. The van der Waals surface area contributed by atoms with Crippen LogP contribution in [-0.2, 0) is 27.3 Å². The molecule has 0 bridgehead atoms. The lowest BCUT2D eigenvalue weighted by molar-refractivity contribution is -0.156. The summed E-state index contributed by atoms with van der Waals surface area (Å²) in [4.78, 5) is 43.4. The number of benzene rings is 1. The number of thiophene rings is 1. The molecular weight excluding hydrogens is 374 g/mol. The molecule has 1 aromatic carbocycles. The van der Waals surface area contributed by atoms with E-state index in [9.17, 15) is 14.4 Å². The highest BCUT2D eigenvalue weighted by molar-refractivity contribution is 7.08. The van der Waals surface area contributed by atoms with E-state index in [1.165, 1.54) is 0 Å². The molecule has 2 aromatic rings. The van der Waals surface area contributed by atoms with Crippen LogP contribution in [0.4, 0.5) is 0 Å². The van der Waals surface area contributed by atoms with Gasteiger partial charge >= 0.3 is 0 Å². The summed E-state index contributed by atoms with van der Waals surface area (Å²) in [6.45, 7) is 1.95. The van der Waals surface area contributed by atoms with Crippen molar-refractivity contribution in [1.29, 1.82) is 0 Å². The lowest BCUT2D eigenvalue weighted by Crippen LogP contribution is -2.59. The van der Waals surface area contributed by atoms with Crippen molar-refractivity contribution < 1.29 is 14.4 Å². The minimum absolute atomic E-state index is 0.0180. The van der Waals surface area contributed by atoms with E-state index in [-0.39, 0.29) is 24.3 Å². The van der Waals surface area contributed by atoms with Gasteiger partial charge in [0.15, 0.2) is 0 Å². The van der Waals surface area contributed by atoms with Crippen molar-refractivity contribution in [3.8, 4) is 0 Å². The number of amides is 3. The van der Waals surface area contributed by atoms with E-state index < -0.39 is 6.04 Å². The van der Waals surface area contributed by atoms with Gasteiger partial charge in [-0.1, -0.05) is 30.3 Å². The summed E-state index contributed by atoms with van der Waals surface area (Å²) < 4.78 is 0. The smallest absolute Gasteiger partial charge is 0.246 e. The maximum absolute atomic E-state index is 13.0. The lowest BCUT2D eigenvalue weighted by Gasteiger charge is -2.39. The Morgan fingerprint density at radius 1 is 1.04 bits per heavy atom. The van der Waals surface area contributed by atoms with E-state index in [0.717, 1.165) is 11.1 Å². The second kappa shape index (κ2) is 8.14. The third-order valence-corrected chi connectivity index (χ3v) is 6.14. The normalized spacial score (nSPS) is 20.1. The molecular formula is C21H23N3O3S. The first-order valence-electron chi connectivity index (χ1n) is 9.53. The van der Waals surface area contributed by atoms with Gasteiger partial charge in [-0.25, -0.2) is 0 Å². The van der Waals surface area contributed by atoms with Crippen molar-refractivity contribution in [2.24, 2.45) is 0 Å². The summed E-state index contributed by atoms with van der Waals surface area (Å²) in [6.07, 6.45) is 0.863. The SMILES string of the molecule is O=C(Cc1ccsc1)N1CCC2C(=O)N(Cc3ccccc3)CC(=O)N2CC1. The van der Waals surface area contributed by atoms with Gasteiger partial charge in [0.2, 0.25) is 17.7 Å². The first-order valence-corrected chi connectivity index (χ1v) is 10.5. The molecule has 1 atom stereocenters. The Labute approximate surface area is 168 Å². The maximum atomic E-state index is 13.0. The van der Waals surface area contributed by atoms with E-state index in [0.29, 0.717) is 39.0 Å². The summed E-state index contributed by atoms with van der Waals surface area (Å²) in [6, 6.07) is 11.2. The zero-order chi connectivity index (χ0) is 19.5. The minimum atomic E-state index is -0.469. The highest BCUT2D eigenvalue weighted by Crippen LogP contribution is 2.21. The fourth-order valence-corrected chi connectivity index (χ4v) is 4.56. The van der Waals surface area contributed by atoms with Crippen LogP contribution in [-0.4, -0.2) is 64.6 Å². The second-order valence-corrected chi connectivity index (χ2v) is 8.04. The van der Waals surface area contributed by atoms with E-state index in [1.807, 2.05) is 47.2 Å². The predicted molar refractivity (Wildman–Crippen MR) is 107 cm³/mol. The van der Waals surface area contributed by atoms with Crippen LogP contribution in [0.3, 0.4) is 0 Å². The van der Waals surface area contributed by atoms with Gasteiger partial charge in [0.25, 0.3) is 0 Å². The Bertz CT molecular complexity index is 853. The van der Waals surface area contributed by atoms with Crippen molar-refractivity contribution in [1.82, 2.24) is 14.7 Å². The molecule has 0 radical (unpaired) electrons. The van der Waals surface area contributed by atoms with Gasteiger partial charge in [-0.3, -0.25) is 14.4 Å². The number of hydrogen-bond donors (Lipinski definition) is 0. The van der Waals surface area contributed by atoms with Crippen LogP contribution in [0, 0.1) is 0 Å². The fraction of sp³-hybridized carbons (Fsp3) is 0.381. The monoisotopic (exact) mass is 397 g/mol. The molecule has 0 saturated carbocycles. The molecule has 0 aliphatic carbocycles. The molecule has 28 heavy (non-hydrogen) atoms. The first-order chi connectivity index (χ1) is 13.6. The maximum Gasteiger partial charge on any atom is 0.246 e. The molecule has 146 valence electrons. The van der Waals surface area contributed by atoms with E-state index >= 15 is 0 Å². The van der Waals surface area contributed by atoms with Gasteiger partial charge in [-0.2, -0.15) is 11.3 Å². The average molecular weight is 398 g/mol. The number of carbonyl (C=O) groups is 3. The van der Waals surface area contributed by atoms with Gasteiger partial charge in [0, 0.05) is 26.2 Å². The number of piperazine rings is 1. The Morgan fingerprint density at radius 3 is 2.61 bits per heavy atom. The molecule has 0 spiro atoms. The molecule has 3 heterocycles. The summed E-state index contributed by atoms with van der Waals surface area (Å²) >= 11 is 1.58. The van der Waals surface area contributed by atoms with Crippen LogP contribution in [0.2, 0.25) is 0 Å². The van der Waals surface area contributed by atoms with Crippen LogP contribution in [0.25, 0.3) is 0 Å². The van der Waals surface area contributed by atoms with Crippen molar-refractivity contribution in [2.75, 3.05) is 26.2 Å². The Morgan fingerprint density at radius 2 is 1.86 bits per heavy atom. The summed E-state index contributed by atoms with van der Waals surface area (Å²) in [5.74, 6) is 0.00235. The van der Waals surface area contributed by atoms with E-state index in [2.05, 4.69) is 0 Å². The van der Waals surface area contributed by atoms with Crippen LogP contribution in [0.5, 0.6) is 0 Å². The predicted octanol–water partition coefficient (Wildman–Crippen LogP) is 1.76. The zero-order valence-electron chi connectivity index (χ0n) is 15.6. The molecule has 2 saturated heterocycles. The summed E-state index contributed by atoms with van der Waals surface area (Å²) in [7, 11) is 0. The van der Waals surface area contributed by atoms with Crippen LogP contribution < -0.4 is 0 Å².